The number of nitrogens with zero attached hydrogens (tertiary/aromatic N) is 3. The van der Waals surface area contributed by atoms with Crippen LogP contribution in [0.25, 0.3) is 10.7 Å². The van der Waals surface area contributed by atoms with Crippen LogP contribution in [0, 0.1) is 5.82 Å². The smallest absolute Gasteiger partial charge is 0.249 e. The molecule has 1 aliphatic rings. The lowest BCUT2D eigenvalue weighted by atomic mass is 10.2. The summed E-state index contributed by atoms with van der Waals surface area (Å²) < 4.78 is 18.8. The molecular weight excluding hydrogens is 329 g/mol. The van der Waals surface area contributed by atoms with Crippen molar-refractivity contribution in [1.29, 1.82) is 0 Å². The number of benzene rings is 1. The molecule has 0 N–H and O–H groups in total. The van der Waals surface area contributed by atoms with E-state index in [-0.39, 0.29) is 17.8 Å². The minimum atomic E-state index is -0.312. The molecule has 3 heterocycles. The van der Waals surface area contributed by atoms with Gasteiger partial charge in [0, 0.05) is 13.0 Å². The molecular formula is C17H14FN3O2S. The van der Waals surface area contributed by atoms with Gasteiger partial charge in [0.25, 0.3) is 0 Å². The third-order valence-corrected chi connectivity index (χ3v) is 4.90. The zero-order valence-electron chi connectivity index (χ0n) is 12.7. The second-order valence-corrected chi connectivity index (χ2v) is 6.59. The van der Waals surface area contributed by atoms with Crippen molar-refractivity contribution < 1.29 is 13.7 Å². The third-order valence-electron chi connectivity index (χ3n) is 4.04. The molecule has 1 aromatic carbocycles. The van der Waals surface area contributed by atoms with Gasteiger partial charge >= 0.3 is 0 Å². The van der Waals surface area contributed by atoms with Crippen LogP contribution in [0.15, 0.2) is 46.3 Å². The van der Waals surface area contributed by atoms with Gasteiger partial charge in [-0.25, -0.2) is 4.39 Å². The van der Waals surface area contributed by atoms with Crippen molar-refractivity contribution in [2.75, 3.05) is 0 Å². The maximum Gasteiger partial charge on any atom is 0.249 e. The molecule has 0 aliphatic carbocycles. The van der Waals surface area contributed by atoms with E-state index in [1.165, 1.54) is 23.5 Å². The molecule has 4 rings (SSSR count). The topological polar surface area (TPSA) is 59.2 Å². The molecule has 2 aromatic heterocycles. The number of amides is 1. The SMILES string of the molecule is O=C1CCC(c2nc(-c3cccs3)no2)N1Cc1cccc(F)c1. The number of hydrogen-bond donors (Lipinski definition) is 0. The molecule has 3 aromatic rings. The molecule has 1 unspecified atom stereocenters. The molecule has 5 nitrogen and oxygen atoms in total. The molecule has 1 atom stereocenters. The first kappa shape index (κ1) is 15.0. The highest BCUT2D eigenvalue weighted by Crippen LogP contribution is 2.34. The Morgan fingerprint density at radius 1 is 1.33 bits per heavy atom. The molecule has 1 aliphatic heterocycles. The van der Waals surface area contributed by atoms with Crippen molar-refractivity contribution in [2.45, 2.75) is 25.4 Å². The van der Waals surface area contributed by atoms with Crippen molar-refractivity contribution in [2.24, 2.45) is 0 Å². The summed E-state index contributed by atoms with van der Waals surface area (Å²) >= 11 is 1.53. The van der Waals surface area contributed by atoms with Crippen LogP contribution in [0.2, 0.25) is 0 Å². The number of halogens is 1. The average Bonchev–Trinajstić information content (AvgIpc) is 3.29. The van der Waals surface area contributed by atoms with Gasteiger partial charge in [-0.2, -0.15) is 4.98 Å². The second kappa shape index (κ2) is 6.16. The van der Waals surface area contributed by atoms with E-state index in [0.29, 0.717) is 31.1 Å². The minimum Gasteiger partial charge on any atom is -0.337 e. The fourth-order valence-corrected chi connectivity index (χ4v) is 3.55. The summed E-state index contributed by atoms with van der Waals surface area (Å²) in [4.78, 5) is 19.3. The Morgan fingerprint density at radius 2 is 2.25 bits per heavy atom. The van der Waals surface area contributed by atoms with Crippen molar-refractivity contribution >= 4 is 17.2 Å². The monoisotopic (exact) mass is 343 g/mol. The normalized spacial score (nSPS) is 17.6. The molecule has 1 saturated heterocycles. The second-order valence-electron chi connectivity index (χ2n) is 5.64. The van der Waals surface area contributed by atoms with Crippen LogP contribution in [0.4, 0.5) is 4.39 Å². The molecule has 7 heteroatoms. The largest absolute Gasteiger partial charge is 0.337 e. The van der Waals surface area contributed by atoms with Gasteiger partial charge in [-0.05, 0) is 35.6 Å². The first-order valence-corrected chi connectivity index (χ1v) is 8.50. The summed E-state index contributed by atoms with van der Waals surface area (Å²) in [5, 5.41) is 5.96. The number of thiophene rings is 1. The number of carbonyl (C=O) groups excluding carboxylic acids is 1. The maximum atomic E-state index is 13.4. The van der Waals surface area contributed by atoms with Gasteiger partial charge in [0.1, 0.15) is 11.9 Å². The summed E-state index contributed by atoms with van der Waals surface area (Å²) in [6.07, 6.45) is 1.05. The van der Waals surface area contributed by atoms with E-state index in [1.807, 2.05) is 17.5 Å². The lowest BCUT2D eigenvalue weighted by Gasteiger charge is -2.22. The van der Waals surface area contributed by atoms with Crippen LogP contribution < -0.4 is 0 Å². The summed E-state index contributed by atoms with van der Waals surface area (Å²) in [5.74, 6) is 0.666. The van der Waals surface area contributed by atoms with Crippen molar-refractivity contribution in [3.63, 3.8) is 0 Å². The number of carbonyl (C=O) groups is 1. The highest BCUT2D eigenvalue weighted by atomic mass is 32.1. The average molecular weight is 343 g/mol. The summed E-state index contributed by atoms with van der Waals surface area (Å²) in [6, 6.07) is 9.85. The lowest BCUT2D eigenvalue weighted by molar-refractivity contribution is -0.130. The lowest BCUT2D eigenvalue weighted by Crippen LogP contribution is -2.27. The van der Waals surface area contributed by atoms with E-state index in [2.05, 4.69) is 10.1 Å². The molecule has 122 valence electrons. The van der Waals surface area contributed by atoms with Gasteiger partial charge in [-0.15, -0.1) is 11.3 Å². The number of aromatic nitrogens is 2. The highest BCUT2D eigenvalue weighted by molar-refractivity contribution is 7.13. The number of hydrogen-bond acceptors (Lipinski definition) is 5. The van der Waals surface area contributed by atoms with E-state index in [0.717, 1.165) is 10.4 Å². The zero-order chi connectivity index (χ0) is 16.5. The zero-order valence-corrected chi connectivity index (χ0v) is 13.5. The fraction of sp³-hybridized carbons (Fsp3) is 0.235. The van der Waals surface area contributed by atoms with Crippen LogP contribution in [-0.2, 0) is 11.3 Å². The molecule has 0 bridgehead atoms. The van der Waals surface area contributed by atoms with Crippen LogP contribution in [0.3, 0.4) is 0 Å². The Kier molecular flexibility index (Phi) is 3.86. The van der Waals surface area contributed by atoms with Crippen LogP contribution in [0.5, 0.6) is 0 Å². The van der Waals surface area contributed by atoms with Crippen molar-refractivity contribution in [1.82, 2.24) is 15.0 Å². The van der Waals surface area contributed by atoms with E-state index >= 15 is 0 Å². The Morgan fingerprint density at radius 3 is 3.04 bits per heavy atom. The van der Waals surface area contributed by atoms with Crippen LogP contribution in [0.1, 0.15) is 30.3 Å². The molecule has 0 saturated carbocycles. The summed E-state index contributed by atoms with van der Waals surface area (Å²) in [6.45, 7) is 0.331. The van der Waals surface area contributed by atoms with E-state index in [4.69, 9.17) is 4.52 Å². The molecule has 0 radical (unpaired) electrons. The predicted molar refractivity (Wildman–Crippen MR) is 86.5 cm³/mol. The first-order chi connectivity index (χ1) is 11.7. The molecule has 24 heavy (non-hydrogen) atoms. The Hall–Kier alpha value is -2.54. The number of rotatable bonds is 4. The van der Waals surface area contributed by atoms with Crippen LogP contribution in [-0.4, -0.2) is 20.9 Å². The van der Waals surface area contributed by atoms with E-state index in [1.54, 1.807) is 17.0 Å². The third kappa shape index (κ3) is 2.82. The van der Waals surface area contributed by atoms with Gasteiger partial charge in [0.15, 0.2) is 0 Å². The van der Waals surface area contributed by atoms with Gasteiger partial charge in [-0.3, -0.25) is 4.79 Å². The van der Waals surface area contributed by atoms with Gasteiger partial charge in [0.05, 0.1) is 4.88 Å². The Labute approximate surface area is 141 Å². The van der Waals surface area contributed by atoms with Crippen molar-refractivity contribution in [3.8, 4) is 10.7 Å². The predicted octanol–water partition coefficient (Wildman–Crippen LogP) is 3.80. The summed E-state index contributed by atoms with van der Waals surface area (Å²) in [5.41, 5.74) is 0.744. The molecule has 1 fully saturated rings. The molecule has 1 amide bonds. The fourth-order valence-electron chi connectivity index (χ4n) is 2.90. The van der Waals surface area contributed by atoms with E-state index in [9.17, 15) is 9.18 Å². The van der Waals surface area contributed by atoms with Gasteiger partial charge < -0.3 is 9.42 Å². The first-order valence-electron chi connectivity index (χ1n) is 7.62. The molecule has 0 spiro atoms. The van der Waals surface area contributed by atoms with Gasteiger partial charge in [0.2, 0.25) is 17.6 Å². The maximum absolute atomic E-state index is 13.4. The quantitative estimate of drug-likeness (QED) is 0.723. The number of likely N-dealkylation sites (tertiary alicyclic amines) is 1. The highest BCUT2D eigenvalue weighted by Gasteiger charge is 2.36. The van der Waals surface area contributed by atoms with Crippen molar-refractivity contribution in [3.05, 3.63) is 59.0 Å². The van der Waals surface area contributed by atoms with Gasteiger partial charge in [-0.1, -0.05) is 23.4 Å². The Balaban J connectivity index is 1.59. The van der Waals surface area contributed by atoms with E-state index < -0.39 is 0 Å². The standard InChI is InChI=1S/C17H14FN3O2S/c18-12-4-1-3-11(9-12)10-21-13(6-7-15(21)22)17-19-16(20-23-17)14-5-2-8-24-14/h1-5,8-9,13H,6-7,10H2. The summed E-state index contributed by atoms with van der Waals surface area (Å²) in [7, 11) is 0. The Bertz CT molecular complexity index is 862. The van der Waals surface area contributed by atoms with Crippen LogP contribution >= 0.6 is 11.3 Å². The minimum absolute atomic E-state index is 0.0140.